The normalized spacial score (nSPS) is 14.0. The number of halogens is 3. The molecular weight excluding hydrogens is 365 g/mol. The van der Waals surface area contributed by atoms with Gasteiger partial charge in [-0.05, 0) is 37.5 Å². The van der Waals surface area contributed by atoms with Gasteiger partial charge in [-0.1, -0.05) is 36.4 Å². The van der Waals surface area contributed by atoms with Gasteiger partial charge in [0.2, 0.25) is 5.95 Å². The van der Waals surface area contributed by atoms with Gasteiger partial charge in [-0.3, -0.25) is 0 Å². The van der Waals surface area contributed by atoms with Gasteiger partial charge < -0.3 is 10.6 Å². The number of benzene rings is 2. The third kappa shape index (κ3) is 4.24. The number of rotatable bonds is 5. The van der Waals surface area contributed by atoms with E-state index in [1.807, 2.05) is 30.3 Å². The summed E-state index contributed by atoms with van der Waals surface area (Å²) in [4.78, 5) is 8.99. The molecule has 2 N–H and O–H groups in total. The Bertz CT molecular complexity index is 983. The third-order valence-electron chi connectivity index (χ3n) is 4.52. The Morgan fingerprint density at radius 1 is 0.964 bits per heavy atom. The molecular formula is C21H19F3N4. The molecule has 28 heavy (non-hydrogen) atoms. The molecule has 0 saturated heterocycles. The molecule has 0 unspecified atom stereocenters. The van der Waals surface area contributed by atoms with Crippen LogP contribution in [-0.2, 0) is 6.18 Å². The Labute approximate surface area is 160 Å². The summed E-state index contributed by atoms with van der Waals surface area (Å²) in [5.41, 5.74) is 1.46. The minimum atomic E-state index is -4.40. The first-order chi connectivity index (χ1) is 13.4. The van der Waals surface area contributed by atoms with Crippen molar-refractivity contribution in [2.45, 2.75) is 32.0 Å². The molecule has 144 valence electrons. The molecule has 1 aliphatic carbocycles. The Morgan fingerprint density at radius 2 is 1.71 bits per heavy atom. The maximum absolute atomic E-state index is 13.2. The second-order valence-electron chi connectivity index (χ2n) is 6.90. The van der Waals surface area contributed by atoms with Crippen molar-refractivity contribution in [3.63, 3.8) is 0 Å². The molecule has 1 aliphatic rings. The van der Waals surface area contributed by atoms with Gasteiger partial charge in [-0.15, -0.1) is 0 Å². The number of hydrogen-bond acceptors (Lipinski definition) is 4. The van der Waals surface area contributed by atoms with Crippen molar-refractivity contribution in [3.05, 3.63) is 65.7 Å². The van der Waals surface area contributed by atoms with Crippen LogP contribution in [0.1, 0.15) is 24.0 Å². The number of aryl methyl sites for hydroxylation is 1. The van der Waals surface area contributed by atoms with Crippen LogP contribution in [0.5, 0.6) is 0 Å². The molecule has 1 saturated carbocycles. The molecule has 7 heteroatoms. The summed E-state index contributed by atoms with van der Waals surface area (Å²) in [6.45, 7) is 1.45. The number of nitrogens with one attached hydrogen (secondary N) is 2. The van der Waals surface area contributed by atoms with Crippen molar-refractivity contribution in [2.75, 3.05) is 10.6 Å². The average molecular weight is 384 g/mol. The molecule has 1 aromatic heterocycles. The maximum atomic E-state index is 13.2. The molecule has 0 aliphatic heterocycles. The Kier molecular flexibility index (Phi) is 4.66. The molecule has 2 aromatic carbocycles. The number of anilines is 3. The zero-order valence-corrected chi connectivity index (χ0v) is 15.2. The highest BCUT2D eigenvalue weighted by molar-refractivity contribution is 5.68. The van der Waals surface area contributed by atoms with Crippen LogP contribution in [0.2, 0.25) is 0 Å². The van der Waals surface area contributed by atoms with E-state index in [4.69, 9.17) is 0 Å². The molecule has 4 rings (SSSR count). The van der Waals surface area contributed by atoms with Gasteiger partial charge >= 0.3 is 6.18 Å². The van der Waals surface area contributed by atoms with Crippen molar-refractivity contribution in [2.24, 2.45) is 0 Å². The predicted molar refractivity (Wildman–Crippen MR) is 104 cm³/mol. The lowest BCUT2D eigenvalue weighted by Crippen LogP contribution is -2.09. The Balaban J connectivity index is 1.69. The maximum Gasteiger partial charge on any atom is 0.416 e. The van der Waals surface area contributed by atoms with Gasteiger partial charge in [0.1, 0.15) is 5.82 Å². The van der Waals surface area contributed by atoms with E-state index in [9.17, 15) is 13.2 Å². The molecule has 4 nitrogen and oxygen atoms in total. The van der Waals surface area contributed by atoms with Crippen molar-refractivity contribution in [3.8, 4) is 11.3 Å². The highest BCUT2D eigenvalue weighted by Crippen LogP contribution is 2.34. The fourth-order valence-corrected chi connectivity index (χ4v) is 2.90. The van der Waals surface area contributed by atoms with Gasteiger partial charge in [-0.25, -0.2) is 4.98 Å². The average Bonchev–Trinajstić information content (AvgIpc) is 3.47. The van der Waals surface area contributed by atoms with Crippen LogP contribution >= 0.6 is 0 Å². The van der Waals surface area contributed by atoms with E-state index in [1.165, 1.54) is 13.0 Å². The van der Waals surface area contributed by atoms with E-state index in [1.54, 1.807) is 12.1 Å². The summed E-state index contributed by atoms with van der Waals surface area (Å²) >= 11 is 0. The van der Waals surface area contributed by atoms with Crippen LogP contribution in [0, 0.1) is 6.92 Å². The lowest BCUT2D eigenvalue weighted by molar-refractivity contribution is -0.138. The van der Waals surface area contributed by atoms with E-state index in [-0.39, 0.29) is 5.56 Å². The van der Waals surface area contributed by atoms with Crippen LogP contribution in [0.25, 0.3) is 11.3 Å². The second-order valence-corrected chi connectivity index (χ2v) is 6.90. The number of aromatic nitrogens is 2. The predicted octanol–water partition coefficient (Wildman–Crippen LogP) is 5.79. The standard InChI is InChI=1S/C21H19F3N4/c1-13-7-8-16(11-17(13)21(22,23)24)25-19-12-18(14-5-3-2-4-6-14)27-20(28-19)26-15-9-10-15/h2-8,11-12,15H,9-10H2,1H3,(H2,25,26,27,28). The summed E-state index contributed by atoms with van der Waals surface area (Å²) in [7, 11) is 0. The zero-order valence-electron chi connectivity index (χ0n) is 15.2. The molecule has 0 bridgehead atoms. The summed E-state index contributed by atoms with van der Waals surface area (Å²) in [5.74, 6) is 0.906. The van der Waals surface area contributed by atoms with Gasteiger partial charge in [0.05, 0.1) is 11.3 Å². The molecule has 3 aromatic rings. The number of alkyl halides is 3. The van der Waals surface area contributed by atoms with Crippen LogP contribution in [-0.4, -0.2) is 16.0 Å². The first-order valence-electron chi connectivity index (χ1n) is 9.04. The Hall–Kier alpha value is -3.09. The van der Waals surface area contributed by atoms with Crippen molar-refractivity contribution in [1.29, 1.82) is 0 Å². The van der Waals surface area contributed by atoms with Crippen LogP contribution < -0.4 is 10.6 Å². The van der Waals surface area contributed by atoms with Gasteiger partial charge in [0.15, 0.2) is 0 Å². The van der Waals surface area contributed by atoms with Gasteiger partial charge in [0.25, 0.3) is 0 Å². The van der Waals surface area contributed by atoms with Gasteiger partial charge in [-0.2, -0.15) is 18.2 Å². The largest absolute Gasteiger partial charge is 0.416 e. The van der Waals surface area contributed by atoms with E-state index >= 15 is 0 Å². The summed E-state index contributed by atoms with van der Waals surface area (Å²) in [6, 6.07) is 15.9. The SMILES string of the molecule is Cc1ccc(Nc2cc(-c3ccccc3)nc(NC3CC3)n2)cc1C(F)(F)F. The third-order valence-corrected chi connectivity index (χ3v) is 4.52. The molecule has 0 spiro atoms. The van der Waals surface area contributed by atoms with E-state index in [0.29, 0.717) is 29.2 Å². The second kappa shape index (κ2) is 7.14. The molecule has 0 radical (unpaired) electrons. The van der Waals surface area contributed by atoms with E-state index < -0.39 is 11.7 Å². The van der Waals surface area contributed by atoms with E-state index in [0.717, 1.165) is 24.5 Å². The summed E-state index contributed by atoms with van der Waals surface area (Å²) in [6.07, 6.45) is -2.27. The topological polar surface area (TPSA) is 49.8 Å². The highest BCUT2D eigenvalue weighted by atomic mass is 19.4. The highest BCUT2D eigenvalue weighted by Gasteiger charge is 2.32. The quantitative estimate of drug-likeness (QED) is 0.585. The van der Waals surface area contributed by atoms with Crippen LogP contribution in [0.4, 0.5) is 30.6 Å². The van der Waals surface area contributed by atoms with Crippen LogP contribution in [0.3, 0.4) is 0 Å². The fourth-order valence-electron chi connectivity index (χ4n) is 2.90. The molecule has 0 atom stereocenters. The minimum absolute atomic E-state index is 0.182. The number of nitrogens with zero attached hydrogens (tertiary/aromatic N) is 2. The minimum Gasteiger partial charge on any atom is -0.351 e. The smallest absolute Gasteiger partial charge is 0.351 e. The van der Waals surface area contributed by atoms with Gasteiger partial charge in [0, 0.05) is 23.4 Å². The lowest BCUT2D eigenvalue weighted by Gasteiger charge is -2.14. The van der Waals surface area contributed by atoms with Crippen molar-refractivity contribution in [1.82, 2.24) is 9.97 Å². The van der Waals surface area contributed by atoms with E-state index in [2.05, 4.69) is 20.6 Å². The molecule has 1 fully saturated rings. The summed E-state index contributed by atoms with van der Waals surface area (Å²) < 4.78 is 39.6. The molecule has 1 heterocycles. The first kappa shape index (κ1) is 18.3. The Morgan fingerprint density at radius 3 is 2.39 bits per heavy atom. The van der Waals surface area contributed by atoms with Crippen molar-refractivity contribution >= 4 is 17.5 Å². The lowest BCUT2D eigenvalue weighted by atomic mass is 10.1. The summed E-state index contributed by atoms with van der Waals surface area (Å²) in [5, 5.41) is 6.25. The number of hydrogen-bond donors (Lipinski definition) is 2. The fraction of sp³-hybridized carbons (Fsp3) is 0.238. The monoisotopic (exact) mass is 384 g/mol. The van der Waals surface area contributed by atoms with Crippen LogP contribution in [0.15, 0.2) is 54.6 Å². The first-order valence-corrected chi connectivity index (χ1v) is 9.04. The zero-order chi connectivity index (χ0) is 19.7. The van der Waals surface area contributed by atoms with Crippen molar-refractivity contribution < 1.29 is 13.2 Å². The molecule has 0 amide bonds.